The highest BCUT2D eigenvalue weighted by Crippen LogP contribution is 2.22. The van der Waals surface area contributed by atoms with E-state index in [1.165, 1.54) is 23.9 Å². The number of hydrogen-bond donors (Lipinski definition) is 0. The molecule has 8 nitrogen and oxygen atoms in total. The van der Waals surface area contributed by atoms with Gasteiger partial charge in [0.05, 0.1) is 16.7 Å². The van der Waals surface area contributed by atoms with Gasteiger partial charge in [-0.1, -0.05) is 36.0 Å². The number of ether oxygens (including phenoxy) is 1. The van der Waals surface area contributed by atoms with Crippen molar-refractivity contribution in [1.29, 1.82) is 0 Å². The molecule has 1 amide bonds. The fourth-order valence-electron chi connectivity index (χ4n) is 3.58. The summed E-state index contributed by atoms with van der Waals surface area (Å²) >= 11 is 1.26. The van der Waals surface area contributed by atoms with Crippen LogP contribution in [0.1, 0.15) is 12.0 Å². The number of hydrogen-bond acceptors (Lipinski definition) is 6. The number of carbonyl (C=O) groups is 1. The molecule has 0 fully saturated rings. The van der Waals surface area contributed by atoms with E-state index in [1.807, 2.05) is 22.6 Å². The Kier molecular flexibility index (Phi) is 7.05. The first-order chi connectivity index (χ1) is 16.0. The van der Waals surface area contributed by atoms with Crippen LogP contribution in [-0.4, -0.2) is 56.5 Å². The number of thioether (sulfide) groups is 1. The number of nitrogens with zero attached hydrogens (tertiary/aromatic N) is 5. The minimum absolute atomic E-state index is 0.0983. The molecule has 0 N–H and O–H groups in total. The molecule has 0 bridgehead atoms. The number of aryl methyl sites for hydroxylation is 1. The van der Waals surface area contributed by atoms with Gasteiger partial charge in [-0.15, -0.1) is 10.2 Å². The lowest BCUT2D eigenvalue weighted by molar-refractivity contribution is -0.127. The van der Waals surface area contributed by atoms with Crippen molar-refractivity contribution < 1.29 is 13.9 Å². The predicted molar refractivity (Wildman–Crippen MR) is 125 cm³/mol. The van der Waals surface area contributed by atoms with Crippen molar-refractivity contribution in [2.24, 2.45) is 0 Å². The number of aromatic nitrogens is 4. The van der Waals surface area contributed by atoms with Crippen LogP contribution in [-0.2, 0) is 22.6 Å². The van der Waals surface area contributed by atoms with Gasteiger partial charge in [-0.2, -0.15) is 0 Å². The fourth-order valence-corrected chi connectivity index (χ4v) is 4.46. The lowest BCUT2D eigenvalue weighted by atomic mass is 10.2. The molecular formula is C23H24FN5O3S. The Balaban J connectivity index is 1.58. The zero-order valence-electron chi connectivity index (χ0n) is 18.4. The molecule has 0 unspecified atom stereocenters. The first-order valence-electron chi connectivity index (χ1n) is 10.5. The van der Waals surface area contributed by atoms with Gasteiger partial charge < -0.3 is 9.64 Å². The maximum atomic E-state index is 13.1. The van der Waals surface area contributed by atoms with Gasteiger partial charge >= 0.3 is 0 Å². The minimum Gasteiger partial charge on any atom is -0.385 e. The molecule has 10 heteroatoms. The average Bonchev–Trinajstić information content (AvgIpc) is 3.25. The molecule has 0 aliphatic carbocycles. The lowest BCUT2D eigenvalue weighted by Gasteiger charge is -2.17. The maximum Gasteiger partial charge on any atom is 0.262 e. The van der Waals surface area contributed by atoms with Gasteiger partial charge in [0, 0.05) is 33.9 Å². The summed E-state index contributed by atoms with van der Waals surface area (Å²) in [7, 11) is 3.33. The Bertz CT molecular complexity index is 1340. The molecule has 0 aliphatic rings. The Morgan fingerprint density at radius 3 is 2.67 bits per heavy atom. The van der Waals surface area contributed by atoms with Crippen LogP contribution in [0.2, 0.25) is 0 Å². The van der Waals surface area contributed by atoms with E-state index in [4.69, 9.17) is 4.74 Å². The normalized spacial score (nSPS) is 11.4. The van der Waals surface area contributed by atoms with Crippen LogP contribution in [0, 0.1) is 5.82 Å². The number of para-hydroxylation sites is 1. The molecule has 0 atom stereocenters. The standard InChI is InChI=1S/C23H24FN5O3S/c1-27(14-16-8-10-17(24)11-9-16)20(30)15-33-23-26-25-22-28(12-5-13-32-2)21(31)18-6-3-4-7-19(18)29(22)23/h3-4,6-11H,5,12-15H2,1-2H3. The number of halogens is 1. The third-order valence-corrected chi connectivity index (χ3v) is 6.21. The summed E-state index contributed by atoms with van der Waals surface area (Å²) in [5.74, 6) is 0.174. The summed E-state index contributed by atoms with van der Waals surface area (Å²) in [5, 5.41) is 9.63. The summed E-state index contributed by atoms with van der Waals surface area (Å²) in [6.45, 7) is 1.35. The van der Waals surface area contributed by atoms with E-state index < -0.39 is 0 Å². The molecule has 2 heterocycles. The van der Waals surface area contributed by atoms with E-state index >= 15 is 0 Å². The van der Waals surface area contributed by atoms with Gasteiger partial charge in [-0.05, 0) is 36.2 Å². The predicted octanol–water partition coefficient (Wildman–Crippen LogP) is 2.97. The molecule has 0 saturated heterocycles. The van der Waals surface area contributed by atoms with Gasteiger partial charge in [-0.25, -0.2) is 4.39 Å². The van der Waals surface area contributed by atoms with Crippen molar-refractivity contribution in [2.75, 3.05) is 26.5 Å². The molecule has 0 saturated carbocycles. The quantitative estimate of drug-likeness (QED) is 0.277. The summed E-state index contributed by atoms with van der Waals surface area (Å²) in [6, 6.07) is 13.4. The van der Waals surface area contributed by atoms with Crippen LogP contribution in [0.4, 0.5) is 4.39 Å². The van der Waals surface area contributed by atoms with Crippen LogP contribution in [0.25, 0.3) is 16.7 Å². The van der Waals surface area contributed by atoms with Crippen LogP contribution in [0.3, 0.4) is 0 Å². The highest BCUT2D eigenvalue weighted by molar-refractivity contribution is 7.99. The Hall–Kier alpha value is -3.24. The van der Waals surface area contributed by atoms with Gasteiger partial charge in [0.2, 0.25) is 11.7 Å². The number of rotatable bonds is 9. The van der Waals surface area contributed by atoms with Crippen molar-refractivity contribution in [3.63, 3.8) is 0 Å². The Morgan fingerprint density at radius 1 is 1.15 bits per heavy atom. The van der Waals surface area contributed by atoms with E-state index in [9.17, 15) is 14.0 Å². The van der Waals surface area contributed by atoms with Crippen molar-refractivity contribution in [3.05, 3.63) is 70.3 Å². The molecule has 0 aliphatic heterocycles. The third-order valence-electron chi connectivity index (χ3n) is 5.29. The first-order valence-corrected chi connectivity index (χ1v) is 11.4. The second kappa shape index (κ2) is 10.1. The maximum absolute atomic E-state index is 13.1. The highest BCUT2D eigenvalue weighted by atomic mass is 32.2. The molecule has 0 spiro atoms. The summed E-state index contributed by atoms with van der Waals surface area (Å²) in [5.41, 5.74) is 1.41. The molecule has 4 aromatic rings. The molecular weight excluding hydrogens is 445 g/mol. The van der Waals surface area contributed by atoms with Crippen LogP contribution in [0.15, 0.2) is 58.5 Å². The molecule has 172 valence electrons. The van der Waals surface area contributed by atoms with Gasteiger partial charge in [-0.3, -0.25) is 18.6 Å². The van der Waals surface area contributed by atoms with Gasteiger partial charge in [0.25, 0.3) is 5.56 Å². The highest BCUT2D eigenvalue weighted by Gasteiger charge is 2.18. The van der Waals surface area contributed by atoms with Crippen molar-refractivity contribution >= 4 is 34.3 Å². The largest absolute Gasteiger partial charge is 0.385 e. The van der Waals surface area contributed by atoms with Crippen LogP contribution >= 0.6 is 11.8 Å². The monoisotopic (exact) mass is 469 g/mol. The molecule has 0 radical (unpaired) electrons. The van der Waals surface area contributed by atoms with E-state index in [0.29, 0.717) is 48.0 Å². The van der Waals surface area contributed by atoms with Gasteiger partial charge in [0.1, 0.15) is 5.82 Å². The summed E-state index contributed by atoms with van der Waals surface area (Å²) < 4.78 is 21.7. The van der Waals surface area contributed by atoms with Crippen LogP contribution < -0.4 is 5.56 Å². The number of methoxy groups -OCH3 is 1. The fraction of sp³-hybridized carbons (Fsp3) is 0.304. The van der Waals surface area contributed by atoms with E-state index in [1.54, 1.807) is 41.8 Å². The van der Waals surface area contributed by atoms with Crippen molar-refractivity contribution in [3.8, 4) is 0 Å². The summed E-state index contributed by atoms with van der Waals surface area (Å²) in [4.78, 5) is 27.3. The zero-order valence-corrected chi connectivity index (χ0v) is 19.2. The Labute approximate surface area is 194 Å². The minimum atomic E-state index is -0.310. The topological polar surface area (TPSA) is 81.7 Å². The number of fused-ring (bicyclic) bond motifs is 3. The zero-order chi connectivity index (χ0) is 23.4. The SMILES string of the molecule is COCCCn1c(=O)c2ccccc2n2c(SCC(=O)N(C)Cc3ccc(F)cc3)nnc12. The number of carbonyl (C=O) groups excluding carboxylic acids is 1. The number of benzene rings is 2. The van der Waals surface area contributed by atoms with E-state index in [0.717, 1.165) is 5.56 Å². The average molecular weight is 470 g/mol. The number of amides is 1. The van der Waals surface area contributed by atoms with E-state index in [-0.39, 0.29) is 23.0 Å². The van der Waals surface area contributed by atoms with E-state index in [2.05, 4.69) is 10.2 Å². The molecule has 33 heavy (non-hydrogen) atoms. The molecule has 2 aromatic heterocycles. The smallest absolute Gasteiger partial charge is 0.262 e. The van der Waals surface area contributed by atoms with Crippen molar-refractivity contribution in [1.82, 2.24) is 24.1 Å². The summed E-state index contributed by atoms with van der Waals surface area (Å²) in [6.07, 6.45) is 0.659. The lowest BCUT2D eigenvalue weighted by Crippen LogP contribution is -2.28. The molecule has 4 rings (SSSR count). The van der Waals surface area contributed by atoms with Crippen LogP contribution in [0.5, 0.6) is 0 Å². The molecule has 2 aromatic carbocycles. The Morgan fingerprint density at radius 2 is 1.91 bits per heavy atom. The second-order valence-electron chi connectivity index (χ2n) is 7.60. The third kappa shape index (κ3) is 4.91. The van der Waals surface area contributed by atoms with Crippen molar-refractivity contribution in [2.45, 2.75) is 24.7 Å². The first kappa shape index (κ1) is 22.9. The second-order valence-corrected chi connectivity index (χ2v) is 8.55. The van der Waals surface area contributed by atoms with Gasteiger partial charge in [0.15, 0.2) is 5.16 Å².